The lowest BCUT2D eigenvalue weighted by molar-refractivity contribution is -0.117. The topological polar surface area (TPSA) is 29.5 Å². The summed E-state index contributed by atoms with van der Waals surface area (Å²) < 4.78 is 19.3. The van der Waals surface area contributed by atoms with Crippen LogP contribution in [-0.2, 0) is 4.79 Å². The van der Waals surface area contributed by atoms with Gasteiger partial charge in [-0.05, 0) is 35.9 Å². The van der Waals surface area contributed by atoms with E-state index < -0.39 is 5.82 Å². The number of rotatable bonds is 4. The molecular formula is C22H17ClFNO2S. The van der Waals surface area contributed by atoms with Gasteiger partial charge in [-0.2, -0.15) is 0 Å². The van der Waals surface area contributed by atoms with E-state index in [0.717, 1.165) is 16.1 Å². The van der Waals surface area contributed by atoms with Crippen LogP contribution in [0, 0.1) is 5.82 Å². The van der Waals surface area contributed by atoms with Gasteiger partial charge in [0, 0.05) is 4.90 Å². The first kappa shape index (κ1) is 18.8. The molecule has 0 spiro atoms. The van der Waals surface area contributed by atoms with Crippen molar-refractivity contribution in [2.24, 2.45) is 0 Å². The van der Waals surface area contributed by atoms with Gasteiger partial charge in [0.15, 0.2) is 0 Å². The summed E-state index contributed by atoms with van der Waals surface area (Å²) in [6, 6.07) is 21.6. The van der Waals surface area contributed by atoms with Crippen molar-refractivity contribution in [3.63, 3.8) is 0 Å². The molecule has 1 aliphatic heterocycles. The zero-order chi connectivity index (χ0) is 19.5. The smallest absolute Gasteiger partial charge is 0.238 e. The molecule has 0 saturated heterocycles. The minimum Gasteiger partial charge on any atom is -0.489 e. The third-order valence-electron chi connectivity index (χ3n) is 4.54. The van der Waals surface area contributed by atoms with Gasteiger partial charge in [-0.25, -0.2) is 4.39 Å². The monoisotopic (exact) mass is 413 g/mol. The van der Waals surface area contributed by atoms with Gasteiger partial charge in [-0.15, -0.1) is 11.8 Å². The Bertz CT molecular complexity index is 999. The molecule has 142 valence electrons. The van der Waals surface area contributed by atoms with Crippen molar-refractivity contribution < 1.29 is 13.9 Å². The number of amides is 1. The summed E-state index contributed by atoms with van der Waals surface area (Å²) >= 11 is 7.18. The number of ether oxygens (including phenoxy) is 1. The highest BCUT2D eigenvalue weighted by Crippen LogP contribution is 2.40. The van der Waals surface area contributed by atoms with Crippen molar-refractivity contribution in [3.05, 3.63) is 89.2 Å². The highest BCUT2D eigenvalue weighted by molar-refractivity contribution is 8.00. The molecule has 1 atom stereocenters. The lowest BCUT2D eigenvalue weighted by atomic mass is 10.0. The van der Waals surface area contributed by atoms with Crippen LogP contribution in [0.4, 0.5) is 10.1 Å². The summed E-state index contributed by atoms with van der Waals surface area (Å²) in [5, 5.41) is 0.0522. The number of fused-ring (bicyclic) bond motifs is 1. The van der Waals surface area contributed by atoms with Crippen molar-refractivity contribution in [3.8, 4) is 5.75 Å². The number of para-hydroxylation sites is 2. The molecule has 0 aromatic heterocycles. The molecule has 0 fully saturated rings. The van der Waals surface area contributed by atoms with Crippen LogP contribution in [0.2, 0.25) is 5.02 Å². The molecule has 6 heteroatoms. The van der Waals surface area contributed by atoms with Crippen molar-refractivity contribution in [2.45, 2.75) is 10.9 Å². The fourth-order valence-electron chi connectivity index (χ4n) is 3.20. The number of halogens is 2. The second-order valence-electron chi connectivity index (χ2n) is 6.33. The fraction of sp³-hybridized carbons (Fsp3) is 0.136. The summed E-state index contributed by atoms with van der Waals surface area (Å²) in [7, 11) is 0. The molecule has 0 N–H and O–H groups in total. The van der Waals surface area contributed by atoms with E-state index in [9.17, 15) is 9.18 Å². The SMILES string of the molecule is O=C(CSc1ccc(F)c(Cl)c1)N1c2ccccc2OCC1c1ccccc1. The average Bonchev–Trinajstić information content (AvgIpc) is 2.74. The summed E-state index contributed by atoms with van der Waals surface area (Å²) in [6.45, 7) is 0.389. The number of carbonyl (C=O) groups is 1. The lowest BCUT2D eigenvalue weighted by Crippen LogP contribution is -2.42. The van der Waals surface area contributed by atoms with Gasteiger partial charge in [-0.1, -0.05) is 54.1 Å². The quantitative estimate of drug-likeness (QED) is 0.511. The maximum atomic E-state index is 13.4. The van der Waals surface area contributed by atoms with Crippen LogP contribution in [0.25, 0.3) is 0 Å². The van der Waals surface area contributed by atoms with Gasteiger partial charge in [0.25, 0.3) is 0 Å². The molecule has 0 radical (unpaired) electrons. The van der Waals surface area contributed by atoms with E-state index in [1.807, 2.05) is 54.6 Å². The first-order chi connectivity index (χ1) is 13.6. The van der Waals surface area contributed by atoms with Gasteiger partial charge in [0.1, 0.15) is 18.2 Å². The molecule has 0 saturated carbocycles. The zero-order valence-electron chi connectivity index (χ0n) is 14.8. The molecular weight excluding hydrogens is 397 g/mol. The number of benzene rings is 3. The molecule has 3 aromatic carbocycles. The molecule has 3 nitrogen and oxygen atoms in total. The number of nitrogens with zero attached hydrogens (tertiary/aromatic N) is 1. The normalized spacial score (nSPS) is 15.6. The van der Waals surface area contributed by atoms with Crippen LogP contribution in [-0.4, -0.2) is 18.3 Å². The Morgan fingerprint density at radius 2 is 1.86 bits per heavy atom. The van der Waals surface area contributed by atoms with E-state index in [4.69, 9.17) is 16.3 Å². The molecule has 1 unspecified atom stereocenters. The fourth-order valence-corrected chi connectivity index (χ4v) is 4.24. The highest BCUT2D eigenvalue weighted by atomic mass is 35.5. The van der Waals surface area contributed by atoms with Crippen LogP contribution < -0.4 is 9.64 Å². The van der Waals surface area contributed by atoms with E-state index in [0.29, 0.717) is 12.4 Å². The standard InChI is InChI=1S/C22H17ClFNO2S/c23-17-12-16(10-11-18(17)24)28-14-22(26)25-19-8-4-5-9-21(19)27-13-20(25)15-6-2-1-3-7-15/h1-12,20H,13-14H2. The Kier molecular flexibility index (Phi) is 5.55. The van der Waals surface area contributed by atoms with Gasteiger partial charge in [-0.3, -0.25) is 9.69 Å². The predicted molar refractivity (Wildman–Crippen MR) is 111 cm³/mol. The first-order valence-electron chi connectivity index (χ1n) is 8.80. The van der Waals surface area contributed by atoms with Crippen LogP contribution >= 0.6 is 23.4 Å². The summed E-state index contributed by atoms with van der Waals surface area (Å²) in [6.07, 6.45) is 0. The Balaban J connectivity index is 1.61. The second kappa shape index (κ2) is 8.25. The average molecular weight is 414 g/mol. The largest absolute Gasteiger partial charge is 0.489 e. The van der Waals surface area contributed by atoms with Crippen LogP contribution in [0.3, 0.4) is 0 Å². The van der Waals surface area contributed by atoms with E-state index in [-0.39, 0.29) is 22.7 Å². The minimum absolute atomic E-state index is 0.0462. The van der Waals surface area contributed by atoms with E-state index in [1.165, 1.54) is 23.9 Å². The summed E-state index contributed by atoms with van der Waals surface area (Å²) in [5.74, 6) is 0.385. The third kappa shape index (κ3) is 3.86. The molecule has 0 bridgehead atoms. The number of carbonyl (C=O) groups excluding carboxylic acids is 1. The van der Waals surface area contributed by atoms with Crippen molar-refractivity contribution in [1.29, 1.82) is 0 Å². The van der Waals surface area contributed by atoms with Crippen LogP contribution in [0.15, 0.2) is 77.7 Å². The molecule has 4 rings (SSSR count). The molecule has 28 heavy (non-hydrogen) atoms. The number of thioether (sulfide) groups is 1. The van der Waals surface area contributed by atoms with Gasteiger partial charge in [0.05, 0.1) is 22.5 Å². The summed E-state index contributed by atoms with van der Waals surface area (Å²) in [4.78, 5) is 15.8. The van der Waals surface area contributed by atoms with Crippen molar-refractivity contribution in [1.82, 2.24) is 0 Å². The maximum Gasteiger partial charge on any atom is 0.238 e. The second-order valence-corrected chi connectivity index (χ2v) is 7.79. The Hall–Kier alpha value is -2.50. The lowest BCUT2D eigenvalue weighted by Gasteiger charge is -2.37. The van der Waals surface area contributed by atoms with E-state index >= 15 is 0 Å². The molecule has 1 heterocycles. The number of hydrogen-bond donors (Lipinski definition) is 0. The maximum absolute atomic E-state index is 13.4. The van der Waals surface area contributed by atoms with Crippen molar-refractivity contribution >= 4 is 35.0 Å². The van der Waals surface area contributed by atoms with E-state index in [2.05, 4.69) is 0 Å². The number of anilines is 1. The number of hydrogen-bond acceptors (Lipinski definition) is 3. The molecule has 1 aliphatic rings. The Morgan fingerprint density at radius 3 is 2.64 bits per heavy atom. The Morgan fingerprint density at radius 1 is 1.11 bits per heavy atom. The Labute approximate surface area is 172 Å². The van der Waals surface area contributed by atoms with Gasteiger partial charge < -0.3 is 4.74 Å². The summed E-state index contributed by atoms with van der Waals surface area (Å²) in [5.41, 5.74) is 1.77. The van der Waals surface area contributed by atoms with Crippen LogP contribution in [0.1, 0.15) is 11.6 Å². The third-order valence-corrected chi connectivity index (χ3v) is 5.81. The molecule has 3 aromatic rings. The van der Waals surface area contributed by atoms with Gasteiger partial charge >= 0.3 is 0 Å². The molecule has 0 aliphatic carbocycles. The van der Waals surface area contributed by atoms with Crippen molar-refractivity contribution in [2.75, 3.05) is 17.3 Å². The first-order valence-corrected chi connectivity index (χ1v) is 10.2. The minimum atomic E-state index is -0.469. The molecule has 1 amide bonds. The highest BCUT2D eigenvalue weighted by Gasteiger charge is 2.33. The van der Waals surface area contributed by atoms with Gasteiger partial charge in [0.2, 0.25) is 5.91 Å². The predicted octanol–water partition coefficient (Wildman–Crippen LogP) is 5.74. The van der Waals surface area contributed by atoms with Crippen LogP contribution in [0.5, 0.6) is 5.75 Å². The zero-order valence-corrected chi connectivity index (χ0v) is 16.4. The van der Waals surface area contributed by atoms with E-state index in [1.54, 1.807) is 11.0 Å².